The zero-order valence-electron chi connectivity index (χ0n) is 13.8. The van der Waals surface area contributed by atoms with Crippen molar-refractivity contribution >= 4 is 17.6 Å². The molecule has 0 aliphatic heterocycles. The van der Waals surface area contributed by atoms with Crippen molar-refractivity contribution in [2.75, 3.05) is 12.4 Å². The zero-order chi connectivity index (χ0) is 17.5. The van der Waals surface area contributed by atoms with Gasteiger partial charge in [-0.05, 0) is 49.1 Å². The fourth-order valence-electron chi connectivity index (χ4n) is 2.54. The molecule has 5 nitrogen and oxygen atoms in total. The van der Waals surface area contributed by atoms with E-state index in [1.54, 1.807) is 25.3 Å². The number of rotatable bonds is 7. The van der Waals surface area contributed by atoms with E-state index < -0.39 is 5.97 Å². The molecule has 1 amide bonds. The summed E-state index contributed by atoms with van der Waals surface area (Å²) in [4.78, 5) is 23.1. The van der Waals surface area contributed by atoms with Crippen LogP contribution in [0.1, 0.15) is 34.3 Å². The Hall–Kier alpha value is -2.82. The smallest absolute Gasteiger partial charge is 0.337 e. The van der Waals surface area contributed by atoms with Crippen LogP contribution in [0, 0.1) is 6.92 Å². The number of aromatic carboxylic acids is 1. The first kappa shape index (κ1) is 17.5. The van der Waals surface area contributed by atoms with Gasteiger partial charge in [0.15, 0.2) is 0 Å². The van der Waals surface area contributed by atoms with Gasteiger partial charge >= 0.3 is 5.97 Å². The number of hydrogen-bond acceptors (Lipinski definition) is 3. The van der Waals surface area contributed by atoms with Crippen molar-refractivity contribution in [3.63, 3.8) is 0 Å². The van der Waals surface area contributed by atoms with Crippen LogP contribution in [0.4, 0.5) is 5.69 Å². The first-order chi connectivity index (χ1) is 11.5. The summed E-state index contributed by atoms with van der Waals surface area (Å²) in [5, 5.41) is 11.8. The number of hydrogen-bond donors (Lipinski definition) is 2. The van der Waals surface area contributed by atoms with Crippen LogP contribution in [-0.2, 0) is 11.2 Å². The predicted molar refractivity (Wildman–Crippen MR) is 92.7 cm³/mol. The lowest BCUT2D eigenvalue weighted by Crippen LogP contribution is -2.14. The Morgan fingerprint density at radius 3 is 2.58 bits per heavy atom. The number of carbonyl (C=O) groups is 2. The van der Waals surface area contributed by atoms with Crippen LogP contribution >= 0.6 is 0 Å². The minimum atomic E-state index is -1.06. The Bertz CT molecular complexity index is 740. The molecule has 0 radical (unpaired) electrons. The molecule has 0 atom stereocenters. The van der Waals surface area contributed by atoms with E-state index >= 15 is 0 Å². The lowest BCUT2D eigenvalue weighted by atomic mass is 10.0. The van der Waals surface area contributed by atoms with Crippen molar-refractivity contribution in [1.29, 1.82) is 0 Å². The van der Waals surface area contributed by atoms with Gasteiger partial charge in [-0.15, -0.1) is 0 Å². The van der Waals surface area contributed by atoms with Crippen molar-refractivity contribution in [2.45, 2.75) is 26.2 Å². The van der Waals surface area contributed by atoms with Gasteiger partial charge < -0.3 is 15.2 Å². The van der Waals surface area contributed by atoms with Gasteiger partial charge in [-0.3, -0.25) is 4.79 Å². The highest BCUT2D eigenvalue weighted by atomic mass is 16.5. The number of carbonyl (C=O) groups excluding carboxylic acids is 1. The molecule has 24 heavy (non-hydrogen) atoms. The van der Waals surface area contributed by atoms with Crippen molar-refractivity contribution in [2.24, 2.45) is 0 Å². The van der Waals surface area contributed by atoms with E-state index in [-0.39, 0.29) is 11.5 Å². The monoisotopic (exact) mass is 327 g/mol. The second-order valence-electron chi connectivity index (χ2n) is 5.56. The van der Waals surface area contributed by atoms with Crippen molar-refractivity contribution in [3.05, 3.63) is 59.2 Å². The summed E-state index contributed by atoms with van der Waals surface area (Å²) < 4.78 is 5.23. The zero-order valence-corrected chi connectivity index (χ0v) is 13.8. The molecule has 2 rings (SSSR count). The molecule has 126 valence electrons. The maximum Gasteiger partial charge on any atom is 0.337 e. The van der Waals surface area contributed by atoms with Crippen molar-refractivity contribution in [1.82, 2.24) is 0 Å². The summed E-state index contributed by atoms with van der Waals surface area (Å²) in [6.45, 7) is 1.98. The van der Waals surface area contributed by atoms with Gasteiger partial charge in [0, 0.05) is 6.42 Å². The molecule has 0 unspecified atom stereocenters. The van der Waals surface area contributed by atoms with Crippen LogP contribution in [0.25, 0.3) is 0 Å². The largest absolute Gasteiger partial charge is 0.496 e. The molecule has 5 heteroatoms. The minimum absolute atomic E-state index is 0.0941. The maximum atomic E-state index is 12.0. The second-order valence-corrected chi connectivity index (χ2v) is 5.56. The molecule has 0 bridgehead atoms. The lowest BCUT2D eigenvalue weighted by Gasteiger charge is -2.09. The number of amides is 1. The summed E-state index contributed by atoms with van der Waals surface area (Å²) in [6, 6.07) is 12.4. The van der Waals surface area contributed by atoms with Gasteiger partial charge in [-0.25, -0.2) is 4.79 Å². The van der Waals surface area contributed by atoms with Crippen LogP contribution in [0.5, 0.6) is 5.75 Å². The number of aryl methyl sites for hydroxylation is 2. The summed E-state index contributed by atoms with van der Waals surface area (Å²) in [6.07, 6.45) is 1.80. The highest BCUT2D eigenvalue weighted by Crippen LogP contribution is 2.20. The van der Waals surface area contributed by atoms with E-state index in [0.29, 0.717) is 18.5 Å². The molecule has 0 aromatic heterocycles. The Morgan fingerprint density at radius 1 is 1.17 bits per heavy atom. The molecule has 2 aromatic carbocycles. The first-order valence-electron chi connectivity index (χ1n) is 7.77. The third-order valence-corrected chi connectivity index (χ3v) is 3.76. The van der Waals surface area contributed by atoms with E-state index in [1.165, 1.54) is 6.07 Å². The molecule has 0 spiro atoms. The number of methoxy groups -OCH3 is 1. The summed E-state index contributed by atoms with van der Waals surface area (Å²) in [7, 11) is 1.64. The van der Waals surface area contributed by atoms with E-state index in [2.05, 4.69) is 11.4 Å². The topological polar surface area (TPSA) is 75.6 Å². The fraction of sp³-hybridized carbons (Fsp3) is 0.263. The minimum Gasteiger partial charge on any atom is -0.496 e. The van der Waals surface area contributed by atoms with Gasteiger partial charge in [0.2, 0.25) is 5.91 Å². The molecule has 2 aromatic rings. The maximum absolute atomic E-state index is 12.0. The highest BCUT2D eigenvalue weighted by Gasteiger charge is 2.11. The van der Waals surface area contributed by atoms with Gasteiger partial charge in [-0.2, -0.15) is 0 Å². The quantitative estimate of drug-likeness (QED) is 0.813. The van der Waals surface area contributed by atoms with Crippen molar-refractivity contribution < 1.29 is 19.4 Å². The predicted octanol–water partition coefficient (Wildman–Crippen LogP) is 3.66. The molecule has 0 aliphatic rings. The Labute approximate surface area is 141 Å². The third-order valence-electron chi connectivity index (χ3n) is 3.76. The molecule has 0 aliphatic carbocycles. The lowest BCUT2D eigenvalue weighted by molar-refractivity contribution is -0.116. The van der Waals surface area contributed by atoms with Crippen LogP contribution in [0.15, 0.2) is 42.5 Å². The number of carboxylic acid groups (broad SMARTS) is 1. The molecule has 0 fully saturated rings. The summed E-state index contributed by atoms with van der Waals surface area (Å²) in [5.41, 5.74) is 2.63. The van der Waals surface area contributed by atoms with Crippen LogP contribution in [-0.4, -0.2) is 24.1 Å². The number of ether oxygens (including phenoxy) is 1. The van der Waals surface area contributed by atoms with Gasteiger partial charge in [0.1, 0.15) is 5.75 Å². The highest BCUT2D eigenvalue weighted by molar-refractivity contribution is 6.00. The van der Waals surface area contributed by atoms with Crippen molar-refractivity contribution in [3.8, 4) is 5.75 Å². The molecule has 0 heterocycles. The fourth-order valence-corrected chi connectivity index (χ4v) is 2.54. The molecule has 2 N–H and O–H groups in total. The Morgan fingerprint density at radius 2 is 1.92 bits per heavy atom. The number of benzene rings is 2. The average Bonchev–Trinajstić information content (AvgIpc) is 2.55. The number of nitrogens with one attached hydrogen (secondary N) is 1. The van der Waals surface area contributed by atoms with Crippen LogP contribution in [0.2, 0.25) is 0 Å². The summed E-state index contributed by atoms with van der Waals surface area (Å²) in [5.74, 6) is -0.393. The Balaban J connectivity index is 1.88. The third kappa shape index (κ3) is 4.59. The van der Waals surface area contributed by atoms with E-state index in [4.69, 9.17) is 9.84 Å². The first-order valence-corrected chi connectivity index (χ1v) is 7.77. The van der Waals surface area contributed by atoms with Crippen LogP contribution in [0.3, 0.4) is 0 Å². The number of para-hydroxylation sites is 1. The van der Waals surface area contributed by atoms with E-state index in [1.807, 2.05) is 19.1 Å². The number of carboxylic acids is 1. The average molecular weight is 327 g/mol. The molecular weight excluding hydrogens is 306 g/mol. The summed E-state index contributed by atoms with van der Waals surface area (Å²) >= 11 is 0. The van der Waals surface area contributed by atoms with Crippen LogP contribution < -0.4 is 10.1 Å². The molecule has 0 saturated heterocycles. The van der Waals surface area contributed by atoms with Gasteiger partial charge in [0.05, 0.1) is 18.4 Å². The van der Waals surface area contributed by atoms with Gasteiger partial charge in [0.25, 0.3) is 0 Å². The second kappa shape index (κ2) is 8.15. The standard InChI is InChI=1S/C19H21NO4/c1-13-12-14(10-11-17(13)24-2)6-5-9-18(21)20-16-8-4-3-7-15(16)19(22)23/h3-4,7-8,10-12H,5-6,9H2,1-2H3,(H,20,21)(H,22,23). The number of anilines is 1. The van der Waals surface area contributed by atoms with E-state index in [0.717, 1.165) is 23.3 Å². The normalized spacial score (nSPS) is 10.2. The Kier molecular flexibility index (Phi) is 5.95. The molecule has 0 saturated carbocycles. The SMILES string of the molecule is COc1ccc(CCCC(=O)Nc2ccccc2C(=O)O)cc1C. The molecular formula is C19H21NO4. The van der Waals surface area contributed by atoms with Gasteiger partial charge in [-0.1, -0.05) is 24.3 Å². The van der Waals surface area contributed by atoms with E-state index in [9.17, 15) is 9.59 Å².